The highest BCUT2D eigenvalue weighted by Crippen LogP contribution is 2.26. The van der Waals surface area contributed by atoms with E-state index in [2.05, 4.69) is 10.3 Å². The second-order valence-corrected chi connectivity index (χ2v) is 5.43. The first-order valence-electron chi connectivity index (χ1n) is 6.02. The van der Waals surface area contributed by atoms with Gasteiger partial charge in [0.25, 0.3) is 0 Å². The van der Waals surface area contributed by atoms with E-state index in [0.29, 0.717) is 6.42 Å². The van der Waals surface area contributed by atoms with Crippen LogP contribution in [0.3, 0.4) is 0 Å². The molecule has 0 saturated carbocycles. The van der Waals surface area contributed by atoms with Gasteiger partial charge in [0, 0.05) is 12.6 Å². The fourth-order valence-corrected chi connectivity index (χ4v) is 1.73. The molecule has 1 aromatic rings. The zero-order chi connectivity index (χ0) is 14.6. The van der Waals surface area contributed by atoms with Gasteiger partial charge in [-0.1, -0.05) is 20.8 Å². The van der Waals surface area contributed by atoms with Crippen molar-refractivity contribution in [2.75, 3.05) is 11.9 Å². The lowest BCUT2D eigenvalue weighted by Gasteiger charge is -2.31. The van der Waals surface area contributed by atoms with Gasteiger partial charge in [-0.3, -0.25) is 0 Å². The first-order chi connectivity index (χ1) is 8.75. The van der Waals surface area contributed by atoms with Gasteiger partial charge in [-0.05, 0) is 17.9 Å². The third-order valence-electron chi connectivity index (χ3n) is 2.86. The SMILES string of the molecule is CC(C)(C)C(CCO)Nc1ncc(F)cc1C(=O)O. The molecule has 0 spiro atoms. The minimum absolute atomic E-state index is 0.0292. The molecule has 0 radical (unpaired) electrons. The number of hydrogen-bond acceptors (Lipinski definition) is 4. The summed E-state index contributed by atoms with van der Waals surface area (Å²) in [5.74, 6) is -1.83. The predicted octanol–water partition coefficient (Wildman–Crippen LogP) is 2.13. The van der Waals surface area contributed by atoms with Crippen LogP contribution in [0, 0.1) is 11.2 Å². The number of carbonyl (C=O) groups is 1. The number of carboxylic acids is 1. The summed E-state index contributed by atoms with van der Waals surface area (Å²) in [6.45, 7) is 5.86. The van der Waals surface area contributed by atoms with E-state index in [1.54, 1.807) is 0 Å². The van der Waals surface area contributed by atoms with Crippen molar-refractivity contribution in [3.05, 3.63) is 23.6 Å². The Balaban J connectivity index is 3.06. The van der Waals surface area contributed by atoms with Crippen molar-refractivity contribution in [2.24, 2.45) is 5.41 Å². The molecular formula is C13H19FN2O3. The van der Waals surface area contributed by atoms with Crippen molar-refractivity contribution in [3.63, 3.8) is 0 Å². The molecule has 6 heteroatoms. The summed E-state index contributed by atoms with van der Waals surface area (Å²) < 4.78 is 13.0. The third-order valence-corrected chi connectivity index (χ3v) is 2.86. The first kappa shape index (κ1) is 15.4. The Morgan fingerprint density at radius 3 is 2.63 bits per heavy atom. The van der Waals surface area contributed by atoms with Gasteiger partial charge >= 0.3 is 5.97 Å². The van der Waals surface area contributed by atoms with Crippen LogP contribution in [0.4, 0.5) is 10.2 Å². The van der Waals surface area contributed by atoms with E-state index >= 15 is 0 Å². The Kier molecular flexibility index (Phi) is 4.83. The molecule has 19 heavy (non-hydrogen) atoms. The van der Waals surface area contributed by atoms with E-state index in [-0.39, 0.29) is 29.4 Å². The maximum Gasteiger partial charge on any atom is 0.339 e. The van der Waals surface area contributed by atoms with Crippen LogP contribution >= 0.6 is 0 Å². The summed E-state index contributed by atoms with van der Waals surface area (Å²) in [6.07, 6.45) is 1.41. The highest BCUT2D eigenvalue weighted by molar-refractivity contribution is 5.93. The summed E-state index contributed by atoms with van der Waals surface area (Å²) in [6, 6.07) is 0.754. The first-order valence-corrected chi connectivity index (χ1v) is 6.02. The summed E-state index contributed by atoms with van der Waals surface area (Å²) in [5.41, 5.74) is -0.415. The zero-order valence-electron chi connectivity index (χ0n) is 11.3. The molecule has 0 aliphatic carbocycles. The number of aliphatic hydroxyl groups excluding tert-OH is 1. The van der Waals surface area contributed by atoms with Gasteiger partial charge < -0.3 is 15.5 Å². The van der Waals surface area contributed by atoms with Crippen molar-refractivity contribution in [1.29, 1.82) is 0 Å². The number of aliphatic hydroxyl groups is 1. The van der Waals surface area contributed by atoms with Crippen LogP contribution in [0.5, 0.6) is 0 Å². The molecule has 0 aliphatic heterocycles. The van der Waals surface area contributed by atoms with Crippen molar-refractivity contribution in [2.45, 2.75) is 33.2 Å². The number of rotatable bonds is 5. The van der Waals surface area contributed by atoms with E-state index < -0.39 is 11.8 Å². The number of carboxylic acid groups (broad SMARTS) is 1. The van der Waals surface area contributed by atoms with E-state index in [1.807, 2.05) is 20.8 Å². The quantitative estimate of drug-likeness (QED) is 0.763. The van der Waals surface area contributed by atoms with E-state index in [0.717, 1.165) is 12.3 Å². The number of anilines is 1. The number of nitrogens with one attached hydrogen (secondary N) is 1. The van der Waals surface area contributed by atoms with Crippen LogP contribution < -0.4 is 5.32 Å². The minimum atomic E-state index is -1.24. The monoisotopic (exact) mass is 270 g/mol. The third kappa shape index (κ3) is 4.17. The molecule has 1 heterocycles. The largest absolute Gasteiger partial charge is 0.478 e. The molecule has 0 fully saturated rings. The van der Waals surface area contributed by atoms with Crippen LogP contribution in [0.25, 0.3) is 0 Å². The Morgan fingerprint density at radius 2 is 2.16 bits per heavy atom. The lowest BCUT2D eigenvalue weighted by atomic mass is 9.85. The Bertz CT molecular complexity index is 458. The van der Waals surface area contributed by atoms with Gasteiger partial charge in [-0.15, -0.1) is 0 Å². The molecule has 0 aromatic carbocycles. The molecule has 1 rings (SSSR count). The molecule has 5 nitrogen and oxygen atoms in total. The summed E-state index contributed by atoms with van der Waals surface area (Å²) in [5, 5.41) is 21.1. The number of halogens is 1. The number of hydrogen-bond donors (Lipinski definition) is 3. The molecule has 1 atom stereocenters. The Labute approximate surface area is 111 Å². The number of nitrogens with zero attached hydrogens (tertiary/aromatic N) is 1. The molecule has 1 unspecified atom stereocenters. The van der Waals surface area contributed by atoms with Crippen molar-refractivity contribution >= 4 is 11.8 Å². The van der Waals surface area contributed by atoms with Crippen LogP contribution in [-0.2, 0) is 0 Å². The number of aromatic carboxylic acids is 1. The lowest BCUT2D eigenvalue weighted by molar-refractivity contribution is 0.0696. The van der Waals surface area contributed by atoms with Crippen LogP contribution in [0.1, 0.15) is 37.6 Å². The van der Waals surface area contributed by atoms with Crippen LogP contribution in [0.15, 0.2) is 12.3 Å². The van der Waals surface area contributed by atoms with Crippen molar-refractivity contribution < 1.29 is 19.4 Å². The standard InChI is InChI=1S/C13H19FN2O3/c1-13(2,3)10(4-5-17)16-11-9(12(18)19)6-8(14)7-15-11/h6-7,10,17H,4-5H2,1-3H3,(H,15,16)(H,18,19). The summed E-state index contributed by atoms with van der Waals surface area (Å²) in [7, 11) is 0. The second kappa shape index (κ2) is 5.97. The fourth-order valence-electron chi connectivity index (χ4n) is 1.73. The Hall–Kier alpha value is -1.69. The molecule has 0 bridgehead atoms. The molecular weight excluding hydrogens is 251 g/mol. The maximum atomic E-state index is 13.0. The van der Waals surface area contributed by atoms with Gasteiger partial charge in [-0.2, -0.15) is 0 Å². The van der Waals surface area contributed by atoms with E-state index in [1.165, 1.54) is 0 Å². The normalized spacial score (nSPS) is 13.1. The highest BCUT2D eigenvalue weighted by Gasteiger charge is 2.26. The second-order valence-electron chi connectivity index (χ2n) is 5.43. The zero-order valence-corrected chi connectivity index (χ0v) is 11.3. The molecule has 0 aliphatic rings. The predicted molar refractivity (Wildman–Crippen MR) is 69.7 cm³/mol. The van der Waals surface area contributed by atoms with Crippen molar-refractivity contribution in [1.82, 2.24) is 4.98 Å². The van der Waals surface area contributed by atoms with E-state index in [4.69, 9.17) is 10.2 Å². The van der Waals surface area contributed by atoms with Gasteiger partial charge in [0.05, 0.1) is 6.20 Å². The van der Waals surface area contributed by atoms with Gasteiger partial charge in [-0.25, -0.2) is 14.2 Å². The maximum absolute atomic E-state index is 13.0. The molecule has 106 valence electrons. The highest BCUT2D eigenvalue weighted by atomic mass is 19.1. The van der Waals surface area contributed by atoms with Gasteiger partial charge in [0.15, 0.2) is 0 Å². The minimum Gasteiger partial charge on any atom is -0.478 e. The van der Waals surface area contributed by atoms with Gasteiger partial charge in [0.2, 0.25) is 0 Å². The summed E-state index contributed by atoms with van der Waals surface area (Å²) >= 11 is 0. The summed E-state index contributed by atoms with van der Waals surface area (Å²) in [4.78, 5) is 14.9. The topological polar surface area (TPSA) is 82.5 Å². The van der Waals surface area contributed by atoms with Crippen LogP contribution in [0.2, 0.25) is 0 Å². The molecule has 3 N–H and O–H groups in total. The fraction of sp³-hybridized carbons (Fsp3) is 0.538. The van der Waals surface area contributed by atoms with Gasteiger partial charge in [0.1, 0.15) is 17.2 Å². The average molecular weight is 270 g/mol. The average Bonchev–Trinajstić information content (AvgIpc) is 2.29. The Morgan fingerprint density at radius 1 is 1.53 bits per heavy atom. The number of aromatic nitrogens is 1. The lowest BCUT2D eigenvalue weighted by Crippen LogP contribution is -2.35. The molecule has 0 saturated heterocycles. The van der Waals surface area contributed by atoms with Crippen LogP contribution in [-0.4, -0.2) is 33.8 Å². The molecule has 1 aromatic heterocycles. The number of pyridine rings is 1. The smallest absolute Gasteiger partial charge is 0.339 e. The van der Waals surface area contributed by atoms with E-state index in [9.17, 15) is 9.18 Å². The molecule has 0 amide bonds. The van der Waals surface area contributed by atoms with Crippen molar-refractivity contribution in [3.8, 4) is 0 Å².